The first-order valence-electron chi connectivity index (χ1n) is 6.63. The smallest absolute Gasteiger partial charge is 0.220 e. The largest absolute Gasteiger partial charge is 0.388 e. The van der Waals surface area contributed by atoms with Crippen LogP contribution in [0.4, 0.5) is 11.8 Å². The lowest BCUT2D eigenvalue weighted by Gasteiger charge is -2.16. The van der Waals surface area contributed by atoms with Crippen LogP contribution in [-0.4, -0.2) is 48.0 Å². The van der Waals surface area contributed by atoms with Crippen molar-refractivity contribution in [1.29, 1.82) is 0 Å². The number of nitrogen functional groups attached to an aromatic ring is 1. The lowest BCUT2D eigenvalue weighted by molar-refractivity contribution is -0.0355. The zero-order valence-corrected chi connectivity index (χ0v) is 11.6. The summed E-state index contributed by atoms with van der Waals surface area (Å²) in [6, 6.07) is 0. The number of anilines is 1. The number of hydrogen-bond acceptors (Lipinski definition) is 8. The van der Waals surface area contributed by atoms with Gasteiger partial charge in [0.05, 0.1) is 12.4 Å². The lowest BCUT2D eigenvalue weighted by atomic mass is 10.1. The third-order valence-corrected chi connectivity index (χ3v) is 3.58. The number of imidazole rings is 1. The first-order valence-corrected chi connectivity index (χ1v) is 6.63. The van der Waals surface area contributed by atoms with Crippen molar-refractivity contribution in [3.05, 3.63) is 16.8 Å². The van der Waals surface area contributed by atoms with Crippen LogP contribution in [0, 0.1) is 0 Å². The summed E-state index contributed by atoms with van der Waals surface area (Å²) in [4.78, 5) is 14.6. The molecular weight excluding hydrogens is 292 g/mol. The number of hydrogen-bond donors (Lipinski definition) is 3. The van der Waals surface area contributed by atoms with Crippen molar-refractivity contribution in [2.24, 2.45) is 5.11 Å². The van der Waals surface area contributed by atoms with Crippen molar-refractivity contribution in [1.82, 2.24) is 19.5 Å². The molecule has 2 aromatic heterocycles. The number of nitrogens with zero attached hydrogens (tertiary/aromatic N) is 7. The molecule has 0 saturated carbocycles. The quantitative estimate of drug-likeness (QED) is 0.418. The Morgan fingerprint density at radius 2 is 2.23 bits per heavy atom. The summed E-state index contributed by atoms with van der Waals surface area (Å²) in [7, 11) is 0. The summed E-state index contributed by atoms with van der Waals surface area (Å²) in [6.07, 6.45) is -1.58. The van der Waals surface area contributed by atoms with E-state index in [9.17, 15) is 10.2 Å². The fourth-order valence-electron chi connectivity index (χ4n) is 2.49. The maximum atomic E-state index is 10.2. The molecule has 4 atom stereocenters. The Hall–Kier alpha value is -2.46. The third-order valence-electron chi connectivity index (χ3n) is 3.58. The van der Waals surface area contributed by atoms with E-state index in [1.807, 2.05) is 6.92 Å². The van der Waals surface area contributed by atoms with Crippen LogP contribution < -0.4 is 5.73 Å². The van der Waals surface area contributed by atoms with Gasteiger partial charge in [0.2, 0.25) is 5.95 Å². The van der Waals surface area contributed by atoms with Crippen molar-refractivity contribution < 1.29 is 14.9 Å². The number of aliphatic hydroxyl groups is 2. The highest BCUT2D eigenvalue weighted by molar-refractivity contribution is 5.82. The van der Waals surface area contributed by atoms with E-state index in [-0.39, 0.29) is 17.4 Å². The molecule has 4 N–H and O–H groups in total. The van der Waals surface area contributed by atoms with Crippen molar-refractivity contribution >= 4 is 22.9 Å². The molecule has 3 rings (SSSR count). The molecule has 0 spiro atoms. The number of rotatable bonds is 3. The first kappa shape index (κ1) is 14.5. The minimum Gasteiger partial charge on any atom is -0.388 e. The van der Waals surface area contributed by atoms with E-state index >= 15 is 0 Å². The van der Waals surface area contributed by atoms with Gasteiger partial charge >= 0.3 is 0 Å². The Morgan fingerprint density at radius 1 is 1.45 bits per heavy atom. The molecule has 2 aromatic rings. The van der Waals surface area contributed by atoms with E-state index < -0.39 is 24.5 Å². The Labute approximate surface area is 124 Å². The second kappa shape index (κ2) is 5.39. The number of nitrogens with two attached hydrogens (primary N) is 1. The predicted octanol–water partition coefficient (Wildman–Crippen LogP) is 0.380. The highest BCUT2D eigenvalue weighted by Crippen LogP contribution is 2.33. The average Bonchev–Trinajstić information content (AvgIpc) is 3.03. The summed E-state index contributed by atoms with van der Waals surface area (Å²) in [5, 5.41) is 23.4. The summed E-state index contributed by atoms with van der Waals surface area (Å²) in [5.74, 6) is -0.111. The first-order chi connectivity index (χ1) is 10.6. The van der Waals surface area contributed by atoms with E-state index in [2.05, 4.69) is 25.0 Å². The predicted molar refractivity (Wildman–Crippen MR) is 74.8 cm³/mol. The second-order valence-corrected chi connectivity index (χ2v) is 4.88. The van der Waals surface area contributed by atoms with Crippen LogP contribution in [0.2, 0.25) is 0 Å². The molecule has 1 fully saturated rings. The van der Waals surface area contributed by atoms with Gasteiger partial charge in [-0.2, -0.15) is 0 Å². The normalized spacial score (nSPS) is 28.0. The van der Waals surface area contributed by atoms with Gasteiger partial charge in [0.25, 0.3) is 0 Å². The Kier molecular flexibility index (Phi) is 3.54. The number of aliphatic hydroxyl groups excluding tert-OH is 2. The van der Waals surface area contributed by atoms with Crippen molar-refractivity contribution in [3.8, 4) is 0 Å². The van der Waals surface area contributed by atoms with Crippen LogP contribution in [0.3, 0.4) is 0 Å². The molecule has 116 valence electrons. The molecule has 1 aliphatic rings. The van der Waals surface area contributed by atoms with E-state index in [0.29, 0.717) is 11.9 Å². The molecule has 0 bridgehead atoms. The summed E-state index contributed by atoms with van der Waals surface area (Å²) in [5.41, 5.74) is 14.8. The number of azide groups is 1. The monoisotopic (exact) mass is 306 g/mol. The summed E-state index contributed by atoms with van der Waals surface area (Å²) < 4.78 is 7.08. The summed E-state index contributed by atoms with van der Waals surface area (Å²) in [6.45, 7) is 1.84. The van der Waals surface area contributed by atoms with Gasteiger partial charge in [-0.05, 0) is 17.1 Å². The van der Waals surface area contributed by atoms with E-state index in [4.69, 9.17) is 16.0 Å². The molecular formula is C11H14N8O3. The van der Waals surface area contributed by atoms with Crippen LogP contribution >= 0.6 is 0 Å². The van der Waals surface area contributed by atoms with Gasteiger partial charge < -0.3 is 20.7 Å². The topological polar surface area (TPSA) is 168 Å². The number of aromatic nitrogens is 4. The molecule has 0 aliphatic carbocycles. The fourth-order valence-corrected chi connectivity index (χ4v) is 2.49. The van der Waals surface area contributed by atoms with E-state index in [0.717, 1.165) is 0 Å². The molecule has 1 saturated heterocycles. The maximum Gasteiger partial charge on any atom is 0.220 e. The van der Waals surface area contributed by atoms with E-state index in [1.165, 1.54) is 10.9 Å². The van der Waals surface area contributed by atoms with Gasteiger partial charge in [-0.1, -0.05) is 6.92 Å². The second-order valence-electron chi connectivity index (χ2n) is 4.88. The molecule has 0 radical (unpaired) electrons. The zero-order chi connectivity index (χ0) is 15.9. The van der Waals surface area contributed by atoms with Crippen LogP contribution in [0.1, 0.15) is 19.6 Å². The zero-order valence-electron chi connectivity index (χ0n) is 11.6. The molecule has 0 aromatic carbocycles. The Balaban J connectivity index is 2.10. The molecule has 3 heterocycles. The fraction of sp³-hybridized carbons (Fsp3) is 0.545. The van der Waals surface area contributed by atoms with Gasteiger partial charge in [-0.3, -0.25) is 4.57 Å². The molecule has 0 amide bonds. The Bertz CT molecular complexity index is 755. The van der Waals surface area contributed by atoms with Gasteiger partial charge in [-0.15, -0.1) is 0 Å². The molecule has 11 heteroatoms. The minimum atomic E-state index is -1.14. The molecule has 1 aliphatic heterocycles. The standard InChI is InChI=1S/C11H14N8O3/c1-2-4-6(20)7(21)10(22-4)19-3-14-5-8(12)15-11(17-18-13)16-9(5)19/h3-4,6-7,10,20-21H,2H2,1H3,(H2,12,15,16)/t4-,6-,7-,10?/m1/s1. The molecule has 22 heavy (non-hydrogen) atoms. The van der Waals surface area contributed by atoms with Crippen molar-refractivity contribution in [2.45, 2.75) is 37.9 Å². The van der Waals surface area contributed by atoms with Gasteiger partial charge in [0.15, 0.2) is 17.7 Å². The average molecular weight is 306 g/mol. The van der Waals surface area contributed by atoms with Gasteiger partial charge in [0, 0.05) is 4.91 Å². The summed E-state index contributed by atoms with van der Waals surface area (Å²) >= 11 is 0. The van der Waals surface area contributed by atoms with Crippen molar-refractivity contribution in [3.63, 3.8) is 0 Å². The lowest BCUT2D eigenvalue weighted by Crippen LogP contribution is -2.31. The van der Waals surface area contributed by atoms with Gasteiger partial charge in [0.1, 0.15) is 17.7 Å². The van der Waals surface area contributed by atoms with Crippen molar-refractivity contribution in [2.75, 3.05) is 5.73 Å². The highest BCUT2D eigenvalue weighted by atomic mass is 16.6. The highest BCUT2D eigenvalue weighted by Gasteiger charge is 2.43. The number of fused-ring (bicyclic) bond motifs is 1. The SMILES string of the molecule is CC[C@H]1OC(n2cnc3c(N)nc(N=[N+]=[N-])nc32)[C@H](O)[C@@H]1O. The molecule has 11 nitrogen and oxygen atoms in total. The maximum absolute atomic E-state index is 10.2. The molecule has 1 unspecified atom stereocenters. The number of ether oxygens (including phenoxy) is 1. The Morgan fingerprint density at radius 3 is 2.86 bits per heavy atom. The van der Waals surface area contributed by atoms with E-state index in [1.54, 1.807) is 0 Å². The van der Waals surface area contributed by atoms with Crippen LogP contribution in [0.5, 0.6) is 0 Å². The minimum absolute atomic E-state index is 0.0474. The van der Waals surface area contributed by atoms with Gasteiger partial charge in [-0.25, -0.2) is 15.0 Å². The van der Waals surface area contributed by atoms with Crippen LogP contribution in [-0.2, 0) is 4.74 Å². The van der Waals surface area contributed by atoms with Crippen LogP contribution in [0.25, 0.3) is 21.6 Å². The third kappa shape index (κ3) is 2.12. The van der Waals surface area contributed by atoms with Crippen LogP contribution in [0.15, 0.2) is 11.4 Å².